The molecule has 0 N–H and O–H groups in total. The number of carbonyl (C=O) groups is 2. The Morgan fingerprint density at radius 2 is 1.62 bits per heavy atom. The summed E-state index contributed by atoms with van der Waals surface area (Å²) in [4.78, 5) is 37.7. The number of amides is 2. The first kappa shape index (κ1) is 38.4. The van der Waals surface area contributed by atoms with Crippen molar-refractivity contribution in [3.63, 3.8) is 0 Å². The lowest BCUT2D eigenvalue weighted by molar-refractivity contribution is -0.131. The molecule has 2 amide bonds. The van der Waals surface area contributed by atoms with Gasteiger partial charge in [-0.05, 0) is 110 Å². The Kier molecular flexibility index (Phi) is 11.6. The van der Waals surface area contributed by atoms with Crippen LogP contribution >= 0.6 is 0 Å². The van der Waals surface area contributed by atoms with Crippen LogP contribution in [0.2, 0.25) is 0 Å². The van der Waals surface area contributed by atoms with Gasteiger partial charge < -0.3 is 28.7 Å². The topological polar surface area (TPSA) is 70.5 Å². The van der Waals surface area contributed by atoms with Crippen molar-refractivity contribution in [1.82, 2.24) is 24.2 Å². The molecule has 10 heteroatoms. The number of carbonyl (C=O) groups excluding carboxylic acids is 2. The standard InChI is InChI=1S/C46H56FN5O4/c1-32-23-44(48(3)33(32)2)41-25-35-13-16-51(45(53)27-36-11-12-40(28-43(36)47)56-22-19-49-17-20-55-21-18-49)29-38(35)26-42(41)46(54)52-30-37-10-6-5-9-34(37)24-39(52)31-50-14-7-4-8-15-50/h5-6,9-12,23,25-26,28,39H,4,7-8,13-22,24,27,29-31H2,1-3H3. The van der Waals surface area contributed by atoms with Crippen LogP contribution in [0.1, 0.15) is 68.7 Å². The molecule has 4 aliphatic heterocycles. The molecule has 0 aliphatic carbocycles. The molecule has 0 spiro atoms. The van der Waals surface area contributed by atoms with Gasteiger partial charge in [-0.3, -0.25) is 14.5 Å². The van der Waals surface area contributed by atoms with Crippen LogP contribution in [0.5, 0.6) is 5.75 Å². The first-order valence-electron chi connectivity index (χ1n) is 20.6. The third-order valence-corrected chi connectivity index (χ3v) is 12.7. The van der Waals surface area contributed by atoms with Gasteiger partial charge in [0.25, 0.3) is 5.91 Å². The molecule has 8 rings (SSSR count). The monoisotopic (exact) mass is 761 g/mol. The summed E-state index contributed by atoms with van der Waals surface area (Å²) in [5, 5.41) is 0. The number of aromatic nitrogens is 1. The number of halogens is 1. The second kappa shape index (κ2) is 16.9. The lowest BCUT2D eigenvalue weighted by Crippen LogP contribution is -2.51. The first-order valence-corrected chi connectivity index (χ1v) is 20.6. The van der Waals surface area contributed by atoms with E-state index in [0.29, 0.717) is 49.5 Å². The SMILES string of the molecule is Cc1cc(-c2cc3c(cc2C(=O)N2Cc4ccccc4CC2CN2CCCCC2)CN(C(=O)Cc2ccc(OCCN4CCOCC4)cc2F)CC3)n(C)c1C. The molecule has 0 saturated carbocycles. The van der Waals surface area contributed by atoms with Crippen LogP contribution in [0.15, 0.2) is 60.7 Å². The number of hydrogen-bond acceptors (Lipinski definition) is 6. The Hall–Kier alpha value is -4.51. The minimum Gasteiger partial charge on any atom is -0.492 e. The van der Waals surface area contributed by atoms with E-state index in [0.717, 1.165) is 81.3 Å². The van der Waals surface area contributed by atoms with Crippen molar-refractivity contribution in [3.8, 4) is 17.0 Å². The average molecular weight is 762 g/mol. The maximum atomic E-state index is 15.3. The summed E-state index contributed by atoms with van der Waals surface area (Å²) < 4.78 is 28.8. The Morgan fingerprint density at radius 1 is 0.839 bits per heavy atom. The van der Waals surface area contributed by atoms with E-state index in [-0.39, 0.29) is 24.3 Å². The molecule has 3 aromatic carbocycles. The van der Waals surface area contributed by atoms with Gasteiger partial charge >= 0.3 is 0 Å². The van der Waals surface area contributed by atoms with Gasteiger partial charge in [0.1, 0.15) is 18.2 Å². The number of fused-ring (bicyclic) bond motifs is 2. The fourth-order valence-electron chi connectivity index (χ4n) is 9.06. The number of likely N-dealkylation sites (tertiary alicyclic amines) is 1. The minimum absolute atomic E-state index is 0.0354. The average Bonchev–Trinajstić information content (AvgIpc) is 3.48. The molecule has 2 fully saturated rings. The van der Waals surface area contributed by atoms with E-state index in [4.69, 9.17) is 9.47 Å². The third-order valence-electron chi connectivity index (χ3n) is 12.7. The van der Waals surface area contributed by atoms with Gasteiger partial charge in [0.15, 0.2) is 0 Å². The van der Waals surface area contributed by atoms with Crippen LogP contribution in [0.4, 0.5) is 4.39 Å². The van der Waals surface area contributed by atoms with Gasteiger partial charge in [-0.25, -0.2) is 4.39 Å². The molecule has 296 valence electrons. The molecule has 1 unspecified atom stereocenters. The smallest absolute Gasteiger partial charge is 0.255 e. The summed E-state index contributed by atoms with van der Waals surface area (Å²) in [6, 6.07) is 19.9. The van der Waals surface area contributed by atoms with Gasteiger partial charge in [-0.1, -0.05) is 36.8 Å². The van der Waals surface area contributed by atoms with Gasteiger partial charge in [0, 0.05) is 87.5 Å². The minimum atomic E-state index is -0.437. The van der Waals surface area contributed by atoms with Crippen molar-refractivity contribution in [3.05, 3.63) is 111 Å². The molecule has 0 radical (unpaired) electrons. The van der Waals surface area contributed by atoms with E-state index in [1.165, 1.54) is 47.7 Å². The number of hydrogen-bond donors (Lipinski definition) is 0. The van der Waals surface area contributed by atoms with Crippen LogP contribution in [0, 0.1) is 19.7 Å². The van der Waals surface area contributed by atoms with Crippen LogP contribution in [-0.2, 0) is 48.9 Å². The van der Waals surface area contributed by atoms with E-state index in [2.05, 4.69) is 82.6 Å². The van der Waals surface area contributed by atoms with Crippen LogP contribution in [-0.4, -0.2) is 108 Å². The summed E-state index contributed by atoms with van der Waals surface area (Å²) >= 11 is 0. The number of ether oxygens (including phenoxy) is 2. The predicted molar refractivity (Wildman–Crippen MR) is 216 cm³/mol. The second-order valence-electron chi connectivity index (χ2n) is 16.2. The quantitative estimate of drug-likeness (QED) is 0.188. The zero-order valence-corrected chi connectivity index (χ0v) is 33.3. The molecule has 9 nitrogen and oxygen atoms in total. The first-order chi connectivity index (χ1) is 27.2. The van der Waals surface area contributed by atoms with Crippen molar-refractivity contribution in [2.75, 3.05) is 65.6 Å². The zero-order valence-electron chi connectivity index (χ0n) is 33.3. The molecule has 1 atom stereocenters. The van der Waals surface area contributed by atoms with Gasteiger partial charge in [-0.2, -0.15) is 0 Å². The lowest BCUT2D eigenvalue weighted by atomic mass is 9.89. The molecule has 5 heterocycles. The van der Waals surface area contributed by atoms with E-state index < -0.39 is 5.82 Å². The normalized spacial score (nSPS) is 19.1. The van der Waals surface area contributed by atoms with Crippen LogP contribution in [0.3, 0.4) is 0 Å². The van der Waals surface area contributed by atoms with Crippen LogP contribution < -0.4 is 4.74 Å². The Balaban J connectivity index is 1.04. The van der Waals surface area contributed by atoms with E-state index in [1.54, 1.807) is 12.1 Å². The van der Waals surface area contributed by atoms with Crippen molar-refractivity contribution in [2.45, 2.75) is 71.5 Å². The number of morpholine rings is 1. The predicted octanol–water partition coefficient (Wildman–Crippen LogP) is 6.34. The summed E-state index contributed by atoms with van der Waals surface area (Å²) in [5.74, 6) is -0.0673. The number of benzene rings is 3. The molecule has 1 aromatic heterocycles. The zero-order chi connectivity index (χ0) is 38.8. The Morgan fingerprint density at radius 3 is 2.38 bits per heavy atom. The van der Waals surface area contributed by atoms with Crippen molar-refractivity contribution in [1.29, 1.82) is 0 Å². The highest BCUT2D eigenvalue weighted by Crippen LogP contribution is 2.35. The maximum absolute atomic E-state index is 15.3. The van der Waals surface area contributed by atoms with Crippen molar-refractivity contribution < 1.29 is 23.5 Å². The van der Waals surface area contributed by atoms with Gasteiger partial charge in [0.05, 0.1) is 19.6 Å². The molecule has 2 saturated heterocycles. The highest BCUT2D eigenvalue weighted by Gasteiger charge is 2.34. The molecule has 56 heavy (non-hydrogen) atoms. The van der Waals surface area contributed by atoms with E-state index in [1.807, 2.05) is 4.90 Å². The second-order valence-corrected chi connectivity index (χ2v) is 16.2. The molecule has 0 bridgehead atoms. The molecular formula is C46H56FN5O4. The number of aryl methyl sites for hydroxylation is 1. The van der Waals surface area contributed by atoms with Crippen molar-refractivity contribution >= 4 is 11.8 Å². The summed E-state index contributed by atoms with van der Waals surface area (Å²) in [7, 11) is 2.07. The Bertz CT molecular complexity index is 2070. The number of nitrogens with zero attached hydrogens (tertiary/aromatic N) is 5. The maximum Gasteiger partial charge on any atom is 0.255 e. The number of rotatable bonds is 10. The largest absolute Gasteiger partial charge is 0.492 e. The van der Waals surface area contributed by atoms with E-state index in [9.17, 15) is 4.79 Å². The fourth-order valence-corrected chi connectivity index (χ4v) is 9.06. The number of piperidine rings is 1. The summed E-state index contributed by atoms with van der Waals surface area (Å²) in [6.45, 7) is 13.2. The van der Waals surface area contributed by atoms with Crippen LogP contribution in [0.25, 0.3) is 11.3 Å². The van der Waals surface area contributed by atoms with Gasteiger partial charge in [0.2, 0.25) is 5.91 Å². The lowest BCUT2D eigenvalue weighted by Gasteiger charge is -2.41. The molecule has 4 aromatic rings. The molecular weight excluding hydrogens is 706 g/mol. The van der Waals surface area contributed by atoms with E-state index >= 15 is 9.18 Å². The summed E-state index contributed by atoms with van der Waals surface area (Å²) in [5.41, 5.74) is 10.0. The highest BCUT2D eigenvalue weighted by molar-refractivity contribution is 6.01. The fraction of sp³-hybridized carbons (Fsp3) is 0.478. The van der Waals surface area contributed by atoms with Gasteiger partial charge in [-0.15, -0.1) is 0 Å². The van der Waals surface area contributed by atoms with Crippen molar-refractivity contribution in [2.24, 2.45) is 7.05 Å². The Labute approximate surface area is 331 Å². The third kappa shape index (κ3) is 8.29. The highest BCUT2D eigenvalue weighted by atomic mass is 19.1. The molecule has 4 aliphatic rings. The summed E-state index contributed by atoms with van der Waals surface area (Å²) in [6.07, 6.45) is 5.14.